The standard InChI is InChI=1S/C16H11NO3S/c18-14-11-8-4-5-9-12(11)20-16(19)13(14)15(21)17-10-6-2-1-3-7-10/h1-9,17,21H/b15-13-. The summed E-state index contributed by atoms with van der Waals surface area (Å²) in [6, 6.07) is 15.8. The Morgan fingerprint density at radius 3 is 2.38 bits per heavy atom. The monoisotopic (exact) mass is 297 g/mol. The summed E-state index contributed by atoms with van der Waals surface area (Å²) >= 11 is 4.24. The molecule has 1 heterocycles. The smallest absolute Gasteiger partial charge is 0.350 e. The van der Waals surface area contributed by atoms with E-state index in [2.05, 4.69) is 17.9 Å². The van der Waals surface area contributed by atoms with Crippen LogP contribution >= 0.6 is 12.6 Å². The van der Waals surface area contributed by atoms with E-state index < -0.39 is 11.8 Å². The topological polar surface area (TPSA) is 55.4 Å². The number of fused-ring (bicyclic) bond motifs is 1. The molecule has 0 aliphatic carbocycles. The van der Waals surface area contributed by atoms with Crippen LogP contribution in [-0.4, -0.2) is 11.8 Å². The number of hydrogen-bond donors (Lipinski definition) is 2. The maximum atomic E-state index is 12.4. The highest BCUT2D eigenvalue weighted by atomic mass is 32.1. The number of benzene rings is 2. The van der Waals surface area contributed by atoms with E-state index >= 15 is 0 Å². The molecule has 0 spiro atoms. The fourth-order valence-electron chi connectivity index (χ4n) is 2.05. The SMILES string of the molecule is O=C1Oc2ccccc2C(=O)/C1=C(/S)Nc1ccccc1. The van der Waals surface area contributed by atoms with Gasteiger partial charge in [0, 0.05) is 5.69 Å². The molecule has 0 saturated heterocycles. The lowest BCUT2D eigenvalue weighted by Crippen LogP contribution is -2.27. The molecule has 0 radical (unpaired) electrons. The van der Waals surface area contributed by atoms with Gasteiger partial charge in [0.25, 0.3) is 0 Å². The van der Waals surface area contributed by atoms with Crippen molar-refractivity contribution >= 4 is 30.1 Å². The number of thiol groups is 1. The van der Waals surface area contributed by atoms with E-state index in [0.29, 0.717) is 5.56 Å². The summed E-state index contributed by atoms with van der Waals surface area (Å²) in [7, 11) is 0. The normalized spacial score (nSPS) is 16.0. The second kappa shape index (κ2) is 5.46. The molecule has 0 saturated carbocycles. The first-order valence-corrected chi connectivity index (χ1v) is 6.73. The summed E-state index contributed by atoms with van der Waals surface area (Å²) in [6.07, 6.45) is 0. The predicted molar refractivity (Wildman–Crippen MR) is 82.5 cm³/mol. The van der Waals surface area contributed by atoms with Gasteiger partial charge in [-0.15, -0.1) is 12.6 Å². The highest BCUT2D eigenvalue weighted by Crippen LogP contribution is 2.30. The van der Waals surface area contributed by atoms with Gasteiger partial charge in [-0.3, -0.25) is 4.79 Å². The van der Waals surface area contributed by atoms with Crippen molar-refractivity contribution in [3.8, 4) is 5.75 Å². The minimum absolute atomic E-state index is 0.0964. The van der Waals surface area contributed by atoms with Crippen LogP contribution in [0.15, 0.2) is 65.2 Å². The van der Waals surface area contributed by atoms with Crippen LogP contribution in [-0.2, 0) is 4.79 Å². The van der Waals surface area contributed by atoms with Crippen molar-refractivity contribution in [3.63, 3.8) is 0 Å². The molecule has 104 valence electrons. The molecule has 4 nitrogen and oxygen atoms in total. The van der Waals surface area contributed by atoms with Crippen LogP contribution < -0.4 is 10.1 Å². The molecule has 2 aromatic carbocycles. The van der Waals surface area contributed by atoms with Gasteiger partial charge in [0.05, 0.1) is 10.6 Å². The largest absolute Gasteiger partial charge is 0.422 e. The molecule has 5 heteroatoms. The van der Waals surface area contributed by atoms with Crippen molar-refractivity contribution in [2.75, 3.05) is 5.32 Å². The summed E-state index contributed by atoms with van der Waals surface area (Å²) in [5.41, 5.74) is 0.990. The first kappa shape index (κ1) is 13.5. The summed E-state index contributed by atoms with van der Waals surface area (Å²) in [6.45, 7) is 0. The van der Waals surface area contributed by atoms with E-state index in [-0.39, 0.29) is 16.4 Å². The van der Waals surface area contributed by atoms with E-state index in [1.165, 1.54) is 0 Å². The van der Waals surface area contributed by atoms with Gasteiger partial charge in [0.2, 0.25) is 5.78 Å². The Labute approximate surface area is 126 Å². The Morgan fingerprint density at radius 2 is 1.62 bits per heavy atom. The Morgan fingerprint density at radius 1 is 0.952 bits per heavy atom. The third-order valence-corrected chi connectivity index (χ3v) is 3.37. The van der Waals surface area contributed by atoms with Gasteiger partial charge in [0.1, 0.15) is 11.3 Å². The lowest BCUT2D eigenvalue weighted by molar-refractivity contribution is -0.130. The summed E-state index contributed by atoms with van der Waals surface area (Å²) < 4.78 is 5.17. The zero-order valence-electron chi connectivity index (χ0n) is 10.9. The van der Waals surface area contributed by atoms with Crippen molar-refractivity contribution in [1.29, 1.82) is 0 Å². The summed E-state index contributed by atoms with van der Waals surface area (Å²) in [5.74, 6) is -0.820. The molecule has 0 fully saturated rings. The number of para-hydroxylation sites is 2. The van der Waals surface area contributed by atoms with Gasteiger partial charge in [-0.2, -0.15) is 0 Å². The zero-order chi connectivity index (χ0) is 14.8. The highest BCUT2D eigenvalue weighted by Gasteiger charge is 2.32. The Balaban J connectivity index is 2.00. The summed E-state index contributed by atoms with van der Waals surface area (Å²) in [5, 5.41) is 3.10. The fourth-order valence-corrected chi connectivity index (χ4v) is 2.37. The zero-order valence-corrected chi connectivity index (χ0v) is 11.8. The van der Waals surface area contributed by atoms with Crippen LogP contribution in [0, 0.1) is 0 Å². The number of anilines is 1. The van der Waals surface area contributed by atoms with Gasteiger partial charge >= 0.3 is 5.97 Å². The number of Topliss-reactive ketones (excluding diaryl/α,β-unsaturated/α-hetero) is 1. The quantitative estimate of drug-likeness (QED) is 0.294. The van der Waals surface area contributed by atoms with Gasteiger partial charge in [-0.05, 0) is 24.3 Å². The summed E-state index contributed by atoms with van der Waals surface area (Å²) in [4.78, 5) is 24.4. The number of nitrogens with one attached hydrogen (secondary N) is 1. The van der Waals surface area contributed by atoms with Gasteiger partial charge < -0.3 is 10.1 Å². The molecule has 21 heavy (non-hydrogen) atoms. The lowest BCUT2D eigenvalue weighted by atomic mass is 10.0. The number of carbonyl (C=O) groups is 2. The van der Waals surface area contributed by atoms with E-state index in [0.717, 1.165) is 5.69 Å². The second-order valence-electron chi connectivity index (χ2n) is 4.43. The van der Waals surface area contributed by atoms with Gasteiger partial charge in [-0.25, -0.2) is 4.79 Å². The number of esters is 1. The fraction of sp³-hybridized carbons (Fsp3) is 0. The number of carbonyl (C=O) groups excluding carboxylic acids is 2. The van der Waals surface area contributed by atoms with Crippen LogP contribution in [0.2, 0.25) is 0 Å². The molecule has 0 atom stereocenters. The first-order chi connectivity index (χ1) is 10.2. The predicted octanol–water partition coefficient (Wildman–Crippen LogP) is 3.04. The van der Waals surface area contributed by atoms with Crippen LogP contribution in [0.3, 0.4) is 0 Å². The average molecular weight is 297 g/mol. The van der Waals surface area contributed by atoms with Gasteiger partial charge in [0.15, 0.2) is 0 Å². The van der Waals surface area contributed by atoms with E-state index in [1.807, 2.05) is 30.3 Å². The number of ether oxygens (including phenoxy) is 1. The van der Waals surface area contributed by atoms with E-state index in [9.17, 15) is 9.59 Å². The van der Waals surface area contributed by atoms with E-state index in [1.54, 1.807) is 24.3 Å². The van der Waals surface area contributed by atoms with Crippen LogP contribution in [0.4, 0.5) is 5.69 Å². The molecule has 0 aromatic heterocycles. The molecule has 2 aromatic rings. The second-order valence-corrected chi connectivity index (χ2v) is 4.88. The molecule has 0 amide bonds. The molecule has 1 N–H and O–H groups in total. The van der Waals surface area contributed by atoms with Crippen molar-refractivity contribution < 1.29 is 14.3 Å². The van der Waals surface area contributed by atoms with Crippen molar-refractivity contribution in [2.24, 2.45) is 0 Å². The Kier molecular flexibility index (Phi) is 3.50. The van der Waals surface area contributed by atoms with Crippen LogP contribution in [0.5, 0.6) is 5.75 Å². The Hall–Kier alpha value is -2.53. The third-order valence-electron chi connectivity index (χ3n) is 3.04. The molecule has 1 aliphatic heterocycles. The lowest BCUT2D eigenvalue weighted by Gasteiger charge is -2.18. The molecule has 1 aliphatic rings. The van der Waals surface area contributed by atoms with Crippen molar-refractivity contribution in [3.05, 3.63) is 70.8 Å². The Bertz CT molecular complexity index is 753. The number of ketones is 1. The highest BCUT2D eigenvalue weighted by molar-refractivity contribution is 7.84. The first-order valence-electron chi connectivity index (χ1n) is 6.28. The minimum Gasteiger partial charge on any atom is -0.422 e. The van der Waals surface area contributed by atoms with Crippen molar-refractivity contribution in [2.45, 2.75) is 0 Å². The average Bonchev–Trinajstić information content (AvgIpc) is 2.48. The van der Waals surface area contributed by atoms with Gasteiger partial charge in [-0.1, -0.05) is 30.3 Å². The molecule has 3 rings (SSSR count). The molecule has 0 unspecified atom stereocenters. The molecular weight excluding hydrogens is 286 g/mol. The molecule has 0 bridgehead atoms. The number of rotatable bonds is 2. The minimum atomic E-state index is -0.702. The van der Waals surface area contributed by atoms with Crippen LogP contribution in [0.25, 0.3) is 0 Å². The number of hydrogen-bond acceptors (Lipinski definition) is 5. The van der Waals surface area contributed by atoms with E-state index in [4.69, 9.17) is 4.74 Å². The maximum absolute atomic E-state index is 12.4. The third kappa shape index (κ3) is 2.55. The van der Waals surface area contributed by atoms with Crippen molar-refractivity contribution in [1.82, 2.24) is 0 Å². The maximum Gasteiger partial charge on any atom is 0.350 e. The molecular formula is C16H11NO3S. The van der Waals surface area contributed by atoms with Crippen LogP contribution in [0.1, 0.15) is 10.4 Å².